The number of carbonyl (C=O) groups is 1. The van der Waals surface area contributed by atoms with Gasteiger partial charge in [-0.25, -0.2) is 0 Å². The molecule has 1 aromatic rings. The van der Waals surface area contributed by atoms with Crippen molar-refractivity contribution < 1.29 is 4.79 Å². The number of fused-ring (bicyclic) bond motifs is 1. The smallest absolute Gasteiger partial charge is 0.220 e. The third-order valence-corrected chi connectivity index (χ3v) is 3.20. The predicted octanol–water partition coefficient (Wildman–Crippen LogP) is 2.11. The van der Waals surface area contributed by atoms with E-state index in [0.717, 1.165) is 12.2 Å². The van der Waals surface area contributed by atoms with E-state index in [0.29, 0.717) is 12.8 Å². The molecule has 3 heteroatoms. The molecule has 18 heavy (non-hydrogen) atoms. The van der Waals surface area contributed by atoms with Crippen LogP contribution in [0.15, 0.2) is 24.3 Å². The molecule has 2 rings (SSSR count). The molecule has 2 unspecified atom stereocenters. The van der Waals surface area contributed by atoms with Gasteiger partial charge in [-0.05, 0) is 18.6 Å². The standard InChI is InChI=1S/C15H18N2O/c1-3-6-11(2)17-15(18)9-12-10-16-14-8-5-4-7-13(12)14/h1,4-5,7-8,11-12,16H,6,9-10H2,2H3,(H,17,18). The van der Waals surface area contributed by atoms with Crippen molar-refractivity contribution in [2.75, 3.05) is 11.9 Å². The van der Waals surface area contributed by atoms with Crippen LogP contribution in [0, 0.1) is 12.3 Å². The summed E-state index contributed by atoms with van der Waals surface area (Å²) in [5.41, 5.74) is 2.38. The second kappa shape index (κ2) is 5.59. The van der Waals surface area contributed by atoms with Crippen LogP contribution in [0.2, 0.25) is 0 Å². The quantitative estimate of drug-likeness (QED) is 0.794. The van der Waals surface area contributed by atoms with E-state index in [1.807, 2.05) is 25.1 Å². The molecule has 1 aliphatic heterocycles. The summed E-state index contributed by atoms with van der Waals surface area (Å²) in [6.45, 7) is 2.76. The highest BCUT2D eigenvalue weighted by Gasteiger charge is 2.24. The zero-order chi connectivity index (χ0) is 13.0. The van der Waals surface area contributed by atoms with E-state index >= 15 is 0 Å². The fourth-order valence-electron chi connectivity index (χ4n) is 2.32. The zero-order valence-corrected chi connectivity index (χ0v) is 10.6. The lowest BCUT2D eigenvalue weighted by atomic mass is 9.97. The molecule has 0 saturated carbocycles. The van der Waals surface area contributed by atoms with Gasteiger partial charge >= 0.3 is 0 Å². The number of carbonyl (C=O) groups excluding carboxylic acids is 1. The van der Waals surface area contributed by atoms with Crippen LogP contribution < -0.4 is 10.6 Å². The number of anilines is 1. The highest BCUT2D eigenvalue weighted by Crippen LogP contribution is 2.32. The van der Waals surface area contributed by atoms with Crippen molar-refractivity contribution in [1.29, 1.82) is 0 Å². The Balaban J connectivity index is 1.92. The minimum absolute atomic E-state index is 0.0482. The van der Waals surface area contributed by atoms with Gasteiger partial charge in [-0.1, -0.05) is 18.2 Å². The van der Waals surface area contributed by atoms with Crippen molar-refractivity contribution in [3.05, 3.63) is 29.8 Å². The average molecular weight is 242 g/mol. The molecule has 1 aliphatic rings. The molecule has 2 atom stereocenters. The van der Waals surface area contributed by atoms with E-state index in [1.54, 1.807) is 0 Å². The number of para-hydroxylation sites is 1. The van der Waals surface area contributed by atoms with Gasteiger partial charge in [0.15, 0.2) is 0 Å². The van der Waals surface area contributed by atoms with Crippen LogP contribution >= 0.6 is 0 Å². The predicted molar refractivity (Wildman–Crippen MR) is 73.3 cm³/mol. The van der Waals surface area contributed by atoms with Gasteiger partial charge in [-0.3, -0.25) is 4.79 Å². The molecule has 1 heterocycles. The summed E-state index contributed by atoms with van der Waals surface area (Å²) >= 11 is 0. The lowest BCUT2D eigenvalue weighted by molar-refractivity contribution is -0.121. The normalized spacial score (nSPS) is 18.3. The summed E-state index contributed by atoms with van der Waals surface area (Å²) in [4.78, 5) is 11.9. The molecule has 0 spiro atoms. The van der Waals surface area contributed by atoms with Gasteiger partial charge in [0.05, 0.1) is 0 Å². The Hall–Kier alpha value is -1.95. The van der Waals surface area contributed by atoms with E-state index in [4.69, 9.17) is 6.42 Å². The first-order valence-corrected chi connectivity index (χ1v) is 6.26. The fraction of sp³-hybridized carbons (Fsp3) is 0.400. The number of amides is 1. The summed E-state index contributed by atoms with van der Waals surface area (Å²) in [6.07, 6.45) is 6.31. The van der Waals surface area contributed by atoms with Gasteiger partial charge in [0.2, 0.25) is 5.91 Å². The van der Waals surface area contributed by atoms with E-state index in [-0.39, 0.29) is 17.9 Å². The van der Waals surface area contributed by atoms with E-state index in [1.165, 1.54) is 5.56 Å². The SMILES string of the molecule is C#CCC(C)NC(=O)CC1CNc2ccccc21. The van der Waals surface area contributed by atoms with Crippen LogP contribution in [0.1, 0.15) is 31.2 Å². The second-order valence-corrected chi connectivity index (χ2v) is 4.75. The van der Waals surface area contributed by atoms with E-state index < -0.39 is 0 Å². The topological polar surface area (TPSA) is 41.1 Å². The number of hydrogen-bond acceptors (Lipinski definition) is 2. The first-order chi connectivity index (χ1) is 8.70. The molecular weight excluding hydrogens is 224 g/mol. The van der Waals surface area contributed by atoms with Gasteiger partial charge in [0, 0.05) is 37.0 Å². The van der Waals surface area contributed by atoms with Crippen LogP contribution in [-0.2, 0) is 4.79 Å². The molecule has 2 N–H and O–H groups in total. The Bertz CT molecular complexity index is 476. The number of rotatable bonds is 4. The zero-order valence-electron chi connectivity index (χ0n) is 10.6. The van der Waals surface area contributed by atoms with Gasteiger partial charge in [-0.15, -0.1) is 12.3 Å². The van der Waals surface area contributed by atoms with Crippen molar-refractivity contribution in [3.8, 4) is 12.3 Å². The van der Waals surface area contributed by atoms with Crippen molar-refractivity contribution in [3.63, 3.8) is 0 Å². The van der Waals surface area contributed by atoms with E-state index in [9.17, 15) is 4.79 Å². The third kappa shape index (κ3) is 2.84. The van der Waals surface area contributed by atoms with Crippen LogP contribution in [0.5, 0.6) is 0 Å². The highest BCUT2D eigenvalue weighted by atomic mass is 16.1. The van der Waals surface area contributed by atoms with Crippen molar-refractivity contribution in [2.45, 2.75) is 31.7 Å². The number of terminal acetylenes is 1. The summed E-state index contributed by atoms with van der Waals surface area (Å²) < 4.78 is 0. The van der Waals surface area contributed by atoms with Gasteiger partial charge in [0.25, 0.3) is 0 Å². The second-order valence-electron chi connectivity index (χ2n) is 4.75. The Kier molecular flexibility index (Phi) is 3.88. The van der Waals surface area contributed by atoms with Crippen LogP contribution in [-0.4, -0.2) is 18.5 Å². The molecule has 94 valence electrons. The van der Waals surface area contributed by atoms with E-state index in [2.05, 4.69) is 22.6 Å². The highest BCUT2D eigenvalue weighted by molar-refractivity contribution is 5.78. The molecule has 0 bridgehead atoms. The molecule has 1 aromatic carbocycles. The minimum atomic E-state index is 0.0482. The molecule has 0 aliphatic carbocycles. The lowest BCUT2D eigenvalue weighted by Gasteiger charge is -2.14. The fourth-order valence-corrected chi connectivity index (χ4v) is 2.32. The molecule has 1 amide bonds. The van der Waals surface area contributed by atoms with Crippen molar-refractivity contribution in [2.24, 2.45) is 0 Å². The van der Waals surface area contributed by atoms with Gasteiger partial charge in [0.1, 0.15) is 0 Å². The Morgan fingerprint density at radius 3 is 3.17 bits per heavy atom. The third-order valence-electron chi connectivity index (χ3n) is 3.20. The summed E-state index contributed by atoms with van der Waals surface area (Å²) in [7, 11) is 0. The maximum Gasteiger partial charge on any atom is 0.220 e. The monoisotopic (exact) mass is 242 g/mol. The molecular formula is C15H18N2O. The summed E-state index contributed by atoms with van der Waals surface area (Å²) in [5.74, 6) is 2.89. The summed E-state index contributed by atoms with van der Waals surface area (Å²) in [6, 6.07) is 8.19. The number of benzene rings is 1. The Labute approximate surface area is 108 Å². The Morgan fingerprint density at radius 1 is 1.61 bits per heavy atom. The maximum atomic E-state index is 11.9. The first kappa shape index (κ1) is 12.5. The van der Waals surface area contributed by atoms with Crippen LogP contribution in [0.25, 0.3) is 0 Å². The molecule has 0 saturated heterocycles. The average Bonchev–Trinajstić information content (AvgIpc) is 2.73. The molecule has 0 radical (unpaired) electrons. The number of nitrogens with one attached hydrogen (secondary N) is 2. The van der Waals surface area contributed by atoms with Crippen LogP contribution in [0.3, 0.4) is 0 Å². The van der Waals surface area contributed by atoms with Gasteiger partial charge in [-0.2, -0.15) is 0 Å². The lowest BCUT2D eigenvalue weighted by Crippen LogP contribution is -2.33. The molecule has 3 nitrogen and oxygen atoms in total. The number of hydrogen-bond donors (Lipinski definition) is 2. The van der Waals surface area contributed by atoms with Crippen LogP contribution in [0.4, 0.5) is 5.69 Å². The molecule has 0 aromatic heterocycles. The van der Waals surface area contributed by atoms with Crippen molar-refractivity contribution in [1.82, 2.24) is 5.32 Å². The minimum Gasteiger partial charge on any atom is -0.384 e. The summed E-state index contributed by atoms with van der Waals surface area (Å²) in [5, 5.41) is 6.25. The molecule has 0 fully saturated rings. The van der Waals surface area contributed by atoms with Crippen molar-refractivity contribution >= 4 is 11.6 Å². The largest absolute Gasteiger partial charge is 0.384 e. The Morgan fingerprint density at radius 2 is 2.39 bits per heavy atom. The van der Waals surface area contributed by atoms with Gasteiger partial charge < -0.3 is 10.6 Å². The maximum absolute atomic E-state index is 11.9. The first-order valence-electron chi connectivity index (χ1n) is 6.26.